The van der Waals surface area contributed by atoms with E-state index in [0.29, 0.717) is 5.56 Å². The predicted octanol–water partition coefficient (Wildman–Crippen LogP) is 1.92. The summed E-state index contributed by atoms with van der Waals surface area (Å²) in [5, 5.41) is 11.2. The van der Waals surface area contributed by atoms with E-state index >= 15 is 0 Å². The van der Waals surface area contributed by atoms with Gasteiger partial charge in [0.25, 0.3) is 0 Å². The smallest absolute Gasteiger partial charge is 0.408 e. The van der Waals surface area contributed by atoms with Crippen LogP contribution in [0, 0.1) is 0 Å². The summed E-state index contributed by atoms with van der Waals surface area (Å²) < 4.78 is 9.85. The van der Waals surface area contributed by atoms with E-state index in [1.54, 1.807) is 45.0 Å². The number of amides is 1. The van der Waals surface area contributed by atoms with Crippen LogP contribution in [0.4, 0.5) is 4.79 Å². The molecule has 0 fully saturated rings. The van der Waals surface area contributed by atoms with Crippen molar-refractivity contribution < 1.29 is 29.0 Å². The van der Waals surface area contributed by atoms with Gasteiger partial charge in [-0.05, 0) is 31.9 Å². The van der Waals surface area contributed by atoms with E-state index in [4.69, 9.17) is 14.6 Å². The number of benzene rings is 1. The van der Waals surface area contributed by atoms with Gasteiger partial charge in [0, 0.05) is 6.42 Å². The number of alkyl carbamates (subject to hydrolysis) is 1. The van der Waals surface area contributed by atoms with Crippen molar-refractivity contribution in [2.45, 2.75) is 45.3 Å². The summed E-state index contributed by atoms with van der Waals surface area (Å²) in [5.41, 5.74) is 0.736. The molecule has 1 atom stereocenters. The van der Waals surface area contributed by atoms with Crippen LogP contribution in [0.25, 0.3) is 0 Å². The summed E-state index contributed by atoms with van der Waals surface area (Å²) in [6.07, 6.45) is -0.573. The number of hydrogen-bond donors (Lipinski definition) is 2. The summed E-state index contributed by atoms with van der Waals surface area (Å²) in [6.45, 7) is 5.17. The minimum atomic E-state index is -0.915. The molecule has 2 N–H and O–H groups in total. The Bertz CT molecular complexity index is 588. The number of nitrogens with one attached hydrogen (secondary N) is 1. The summed E-state index contributed by atoms with van der Waals surface area (Å²) in [7, 11) is 1.24. The lowest BCUT2D eigenvalue weighted by molar-refractivity contribution is -0.143. The monoisotopic (exact) mass is 337 g/mol. The third-order valence-electron chi connectivity index (χ3n) is 2.99. The molecule has 0 aromatic heterocycles. The summed E-state index contributed by atoms with van der Waals surface area (Å²) in [5.74, 6) is -1.50. The number of ether oxygens (including phenoxy) is 2. The second-order valence-corrected chi connectivity index (χ2v) is 6.31. The minimum Gasteiger partial charge on any atom is -0.481 e. The average molecular weight is 337 g/mol. The standard InChI is InChI=1S/C17H23NO6/c1-17(2,3)24-16(22)18-13(15(21)23-4)9-11-5-7-12(8-6-11)10-14(19)20/h5-8,13H,9-10H2,1-4H3,(H,18,22)(H,19,20)/t13-/m0/s1. The van der Waals surface area contributed by atoms with Crippen LogP contribution in [-0.4, -0.2) is 41.9 Å². The number of rotatable bonds is 6. The maximum atomic E-state index is 11.9. The number of carboxylic acids is 1. The molecule has 1 aromatic rings. The number of carbonyl (C=O) groups excluding carboxylic acids is 2. The Labute approximate surface area is 141 Å². The quantitative estimate of drug-likeness (QED) is 0.769. The summed E-state index contributed by atoms with van der Waals surface area (Å²) in [4.78, 5) is 34.4. The average Bonchev–Trinajstić information content (AvgIpc) is 2.45. The normalized spacial score (nSPS) is 12.2. The zero-order valence-corrected chi connectivity index (χ0v) is 14.3. The number of carbonyl (C=O) groups is 3. The molecule has 0 aliphatic carbocycles. The fraction of sp³-hybridized carbons (Fsp3) is 0.471. The van der Waals surface area contributed by atoms with Crippen molar-refractivity contribution in [3.05, 3.63) is 35.4 Å². The second-order valence-electron chi connectivity index (χ2n) is 6.31. The highest BCUT2D eigenvalue weighted by Gasteiger charge is 2.25. The molecule has 0 saturated heterocycles. The van der Waals surface area contributed by atoms with Crippen LogP contribution in [0.3, 0.4) is 0 Å². The Kier molecular flexibility index (Phi) is 6.76. The van der Waals surface area contributed by atoms with Gasteiger partial charge in [0.05, 0.1) is 13.5 Å². The van der Waals surface area contributed by atoms with Gasteiger partial charge in [-0.15, -0.1) is 0 Å². The Morgan fingerprint density at radius 1 is 1.12 bits per heavy atom. The molecule has 7 heteroatoms. The SMILES string of the molecule is COC(=O)[C@H](Cc1ccc(CC(=O)O)cc1)NC(=O)OC(C)(C)C. The molecular weight excluding hydrogens is 314 g/mol. The molecule has 0 saturated carbocycles. The Balaban J connectivity index is 2.77. The fourth-order valence-corrected chi connectivity index (χ4v) is 1.99. The van der Waals surface area contributed by atoms with Crippen molar-refractivity contribution in [2.75, 3.05) is 7.11 Å². The first kappa shape index (κ1) is 19.5. The zero-order chi connectivity index (χ0) is 18.3. The summed E-state index contributed by atoms with van der Waals surface area (Å²) in [6, 6.07) is 5.88. The fourth-order valence-electron chi connectivity index (χ4n) is 1.99. The van der Waals surface area contributed by atoms with E-state index in [1.165, 1.54) is 7.11 Å². The van der Waals surface area contributed by atoms with Gasteiger partial charge in [-0.2, -0.15) is 0 Å². The number of methoxy groups -OCH3 is 1. The topological polar surface area (TPSA) is 102 Å². The highest BCUT2D eigenvalue weighted by atomic mass is 16.6. The Hall–Kier alpha value is -2.57. The molecule has 7 nitrogen and oxygen atoms in total. The van der Waals surface area contributed by atoms with Crippen molar-refractivity contribution >= 4 is 18.0 Å². The van der Waals surface area contributed by atoms with E-state index in [1.807, 2.05) is 0 Å². The molecule has 0 bridgehead atoms. The molecule has 0 heterocycles. The first-order chi connectivity index (χ1) is 11.1. The summed E-state index contributed by atoms with van der Waals surface area (Å²) >= 11 is 0. The van der Waals surface area contributed by atoms with Gasteiger partial charge in [0.1, 0.15) is 11.6 Å². The minimum absolute atomic E-state index is 0.0726. The van der Waals surface area contributed by atoms with E-state index < -0.39 is 29.7 Å². The van der Waals surface area contributed by atoms with E-state index in [2.05, 4.69) is 5.32 Å². The number of aliphatic carboxylic acids is 1. The van der Waals surface area contributed by atoms with Crippen LogP contribution in [0.15, 0.2) is 24.3 Å². The molecule has 0 aliphatic heterocycles. The van der Waals surface area contributed by atoms with Gasteiger partial charge in [-0.25, -0.2) is 9.59 Å². The van der Waals surface area contributed by atoms with Crippen LogP contribution < -0.4 is 5.32 Å². The van der Waals surface area contributed by atoms with Gasteiger partial charge >= 0.3 is 18.0 Å². The Morgan fingerprint density at radius 3 is 2.12 bits per heavy atom. The molecule has 1 rings (SSSR count). The van der Waals surface area contributed by atoms with Gasteiger partial charge in [-0.3, -0.25) is 4.79 Å². The predicted molar refractivity (Wildman–Crippen MR) is 86.7 cm³/mol. The third kappa shape index (κ3) is 7.13. The largest absolute Gasteiger partial charge is 0.481 e. The molecule has 0 aliphatic rings. The molecule has 1 aromatic carbocycles. The van der Waals surface area contributed by atoms with Crippen LogP contribution in [-0.2, 0) is 31.9 Å². The van der Waals surface area contributed by atoms with E-state index in [9.17, 15) is 14.4 Å². The van der Waals surface area contributed by atoms with Crippen LogP contribution in [0.1, 0.15) is 31.9 Å². The lowest BCUT2D eigenvalue weighted by Crippen LogP contribution is -2.45. The second kappa shape index (κ2) is 8.33. The first-order valence-corrected chi connectivity index (χ1v) is 7.47. The maximum absolute atomic E-state index is 11.9. The molecular formula is C17H23NO6. The lowest BCUT2D eigenvalue weighted by atomic mass is 10.0. The molecule has 0 spiro atoms. The van der Waals surface area contributed by atoms with Crippen molar-refractivity contribution in [1.82, 2.24) is 5.32 Å². The van der Waals surface area contributed by atoms with Gasteiger partial charge < -0.3 is 19.9 Å². The third-order valence-corrected chi connectivity index (χ3v) is 2.99. The van der Waals surface area contributed by atoms with E-state index in [-0.39, 0.29) is 12.8 Å². The number of carboxylic acid groups (broad SMARTS) is 1. The van der Waals surface area contributed by atoms with Gasteiger partial charge in [0.15, 0.2) is 0 Å². The van der Waals surface area contributed by atoms with E-state index in [0.717, 1.165) is 5.56 Å². The van der Waals surface area contributed by atoms with Crippen molar-refractivity contribution in [3.63, 3.8) is 0 Å². The first-order valence-electron chi connectivity index (χ1n) is 7.47. The highest BCUT2D eigenvalue weighted by molar-refractivity contribution is 5.81. The Morgan fingerprint density at radius 2 is 1.67 bits per heavy atom. The van der Waals surface area contributed by atoms with Crippen LogP contribution in [0.5, 0.6) is 0 Å². The zero-order valence-electron chi connectivity index (χ0n) is 14.3. The molecule has 132 valence electrons. The van der Waals surface area contributed by atoms with Gasteiger partial charge in [0.2, 0.25) is 0 Å². The highest BCUT2D eigenvalue weighted by Crippen LogP contribution is 2.11. The van der Waals surface area contributed by atoms with Crippen LogP contribution >= 0.6 is 0 Å². The lowest BCUT2D eigenvalue weighted by Gasteiger charge is -2.22. The van der Waals surface area contributed by atoms with Gasteiger partial charge in [-0.1, -0.05) is 24.3 Å². The van der Waals surface area contributed by atoms with Crippen molar-refractivity contribution in [3.8, 4) is 0 Å². The molecule has 1 amide bonds. The maximum Gasteiger partial charge on any atom is 0.408 e. The molecule has 0 radical (unpaired) electrons. The van der Waals surface area contributed by atoms with Crippen molar-refractivity contribution in [2.24, 2.45) is 0 Å². The number of hydrogen-bond acceptors (Lipinski definition) is 5. The number of esters is 1. The molecule has 24 heavy (non-hydrogen) atoms. The molecule has 0 unspecified atom stereocenters. The van der Waals surface area contributed by atoms with Crippen molar-refractivity contribution in [1.29, 1.82) is 0 Å². The van der Waals surface area contributed by atoms with Crippen LogP contribution in [0.2, 0.25) is 0 Å².